The summed E-state index contributed by atoms with van der Waals surface area (Å²) in [5, 5.41) is 1.66. The molecule has 1 aliphatic heterocycles. The van der Waals surface area contributed by atoms with E-state index in [-0.39, 0.29) is 0 Å². The van der Waals surface area contributed by atoms with E-state index in [4.69, 9.17) is 21.7 Å². The minimum atomic E-state index is -0.512. The van der Waals surface area contributed by atoms with Gasteiger partial charge in [-0.1, -0.05) is 66.1 Å². The summed E-state index contributed by atoms with van der Waals surface area (Å²) >= 11 is 8.12. The summed E-state index contributed by atoms with van der Waals surface area (Å²) in [6, 6.07) is 9.92. The molecule has 1 aliphatic rings. The summed E-state index contributed by atoms with van der Waals surface area (Å²) in [7, 11) is 0. The Morgan fingerprint density at radius 1 is 1.17 bits per heavy atom. The zero-order valence-electron chi connectivity index (χ0n) is 13.0. The Hall–Kier alpha value is -0.920. The van der Waals surface area contributed by atoms with Crippen LogP contribution in [0.2, 0.25) is 0 Å². The third-order valence-electron chi connectivity index (χ3n) is 3.03. The second kappa shape index (κ2) is 9.39. The molecule has 0 saturated carbocycles. The van der Waals surface area contributed by atoms with Crippen molar-refractivity contribution in [2.24, 2.45) is 0 Å². The molecule has 0 spiro atoms. The molecule has 122 valence electrons. The van der Waals surface area contributed by atoms with Gasteiger partial charge < -0.3 is 9.47 Å². The largest absolute Gasteiger partial charge is 0.348 e. The quantitative estimate of drug-likeness (QED) is 0.289. The van der Waals surface area contributed by atoms with Gasteiger partial charge in [0.05, 0.1) is 14.0 Å². The van der Waals surface area contributed by atoms with Crippen LogP contribution in [-0.4, -0.2) is 31.2 Å². The average Bonchev–Trinajstić information content (AvgIpc) is 3.00. The van der Waals surface area contributed by atoms with Crippen molar-refractivity contribution in [3.63, 3.8) is 0 Å². The standard InChI is InChI=1S/C17H18O3S3/c1-3-19-16(20-4-2)15-14(10-18)22-17(23-15)13(11-21)12-8-6-5-7-9-12/h5-11,16H,3-4H2,1-2H3/b17-13+. The molecule has 0 atom stereocenters. The molecule has 0 aromatic heterocycles. The predicted molar refractivity (Wildman–Crippen MR) is 102 cm³/mol. The van der Waals surface area contributed by atoms with Crippen molar-refractivity contribution in [2.75, 3.05) is 13.2 Å². The number of hydrogen-bond acceptors (Lipinski definition) is 6. The van der Waals surface area contributed by atoms with Gasteiger partial charge >= 0.3 is 0 Å². The van der Waals surface area contributed by atoms with E-state index in [0.29, 0.717) is 18.1 Å². The van der Waals surface area contributed by atoms with Gasteiger partial charge in [-0.3, -0.25) is 4.79 Å². The van der Waals surface area contributed by atoms with Gasteiger partial charge in [-0.2, -0.15) is 0 Å². The molecular formula is C17H18O3S3. The molecule has 0 aliphatic carbocycles. The number of thiocarbonyl (C=S) groups is 1. The zero-order chi connectivity index (χ0) is 16.7. The molecule has 0 N–H and O–H groups in total. The van der Waals surface area contributed by atoms with Crippen molar-refractivity contribution in [3.05, 3.63) is 49.9 Å². The summed E-state index contributed by atoms with van der Waals surface area (Å²) < 4.78 is 12.2. The highest BCUT2D eigenvalue weighted by Crippen LogP contribution is 2.52. The Morgan fingerprint density at radius 2 is 1.83 bits per heavy atom. The SMILES string of the molecule is CCOC(OCC)C1=C(C=O)S/C(=C(/C=S)c2ccccc2)S1. The highest BCUT2D eigenvalue weighted by Gasteiger charge is 2.30. The topological polar surface area (TPSA) is 35.5 Å². The fourth-order valence-electron chi connectivity index (χ4n) is 2.03. The van der Waals surface area contributed by atoms with Crippen LogP contribution in [0.4, 0.5) is 0 Å². The van der Waals surface area contributed by atoms with Gasteiger partial charge in [-0.25, -0.2) is 0 Å². The summed E-state index contributed by atoms with van der Waals surface area (Å²) in [4.78, 5) is 12.9. The molecule has 1 aromatic carbocycles. The number of ether oxygens (including phenoxy) is 2. The lowest BCUT2D eigenvalue weighted by Crippen LogP contribution is -2.18. The maximum absolute atomic E-state index is 11.5. The highest BCUT2D eigenvalue weighted by atomic mass is 32.2. The molecule has 1 aromatic rings. The molecule has 23 heavy (non-hydrogen) atoms. The Kier molecular flexibility index (Phi) is 7.52. The molecule has 0 unspecified atom stereocenters. The highest BCUT2D eigenvalue weighted by molar-refractivity contribution is 8.29. The van der Waals surface area contributed by atoms with E-state index >= 15 is 0 Å². The minimum absolute atomic E-state index is 0.512. The van der Waals surface area contributed by atoms with Gasteiger partial charge in [0.25, 0.3) is 0 Å². The van der Waals surface area contributed by atoms with Gasteiger partial charge in [-0.15, -0.1) is 0 Å². The lowest BCUT2D eigenvalue weighted by atomic mass is 10.1. The van der Waals surface area contributed by atoms with Gasteiger partial charge in [-0.05, 0) is 19.4 Å². The van der Waals surface area contributed by atoms with Crippen LogP contribution < -0.4 is 0 Å². The van der Waals surface area contributed by atoms with Crippen molar-refractivity contribution in [3.8, 4) is 0 Å². The fourth-order valence-corrected chi connectivity index (χ4v) is 4.99. The van der Waals surface area contributed by atoms with Crippen LogP contribution in [0.15, 0.2) is 44.4 Å². The van der Waals surface area contributed by atoms with Crippen molar-refractivity contribution < 1.29 is 14.3 Å². The van der Waals surface area contributed by atoms with E-state index < -0.39 is 6.29 Å². The number of benzene rings is 1. The summed E-state index contributed by atoms with van der Waals surface area (Å²) in [6.07, 6.45) is 0.346. The van der Waals surface area contributed by atoms with E-state index in [9.17, 15) is 4.79 Å². The Bertz CT molecular complexity index is 617. The van der Waals surface area contributed by atoms with Gasteiger partial charge in [0.2, 0.25) is 0 Å². The molecule has 0 amide bonds. The van der Waals surface area contributed by atoms with Crippen LogP contribution in [0, 0.1) is 0 Å². The first-order valence-corrected chi connectivity index (χ1v) is 9.38. The lowest BCUT2D eigenvalue weighted by molar-refractivity contribution is -0.109. The van der Waals surface area contributed by atoms with Crippen molar-refractivity contribution >= 4 is 53.0 Å². The lowest BCUT2D eigenvalue weighted by Gasteiger charge is -2.17. The summed E-state index contributed by atoms with van der Waals surface area (Å²) in [6.45, 7) is 4.85. The van der Waals surface area contributed by atoms with Crippen LogP contribution in [0.3, 0.4) is 0 Å². The van der Waals surface area contributed by atoms with Crippen LogP contribution in [0.1, 0.15) is 19.4 Å². The third-order valence-corrected chi connectivity index (χ3v) is 5.87. The van der Waals surface area contributed by atoms with Gasteiger partial charge in [0.15, 0.2) is 12.6 Å². The van der Waals surface area contributed by atoms with Crippen molar-refractivity contribution in [1.29, 1.82) is 0 Å². The van der Waals surface area contributed by atoms with E-state index in [1.807, 2.05) is 44.2 Å². The number of aldehydes is 1. The maximum atomic E-state index is 11.5. The van der Waals surface area contributed by atoms with Crippen LogP contribution >= 0.6 is 35.7 Å². The molecule has 0 bridgehead atoms. The summed E-state index contributed by atoms with van der Waals surface area (Å²) in [5.41, 5.74) is 1.98. The second-order valence-corrected chi connectivity index (χ2v) is 7.08. The molecule has 0 fully saturated rings. The Balaban J connectivity index is 2.35. The number of carbonyl (C=O) groups is 1. The van der Waals surface area contributed by atoms with Gasteiger partial charge in [0, 0.05) is 24.2 Å². The Morgan fingerprint density at radius 3 is 2.35 bits per heavy atom. The molecule has 1 heterocycles. The van der Waals surface area contributed by atoms with Gasteiger partial charge in [0.1, 0.15) is 0 Å². The third kappa shape index (κ3) is 4.55. The molecule has 0 saturated heterocycles. The molecular weight excluding hydrogens is 348 g/mol. The van der Waals surface area contributed by atoms with E-state index in [1.54, 1.807) is 5.37 Å². The van der Waals surface area contributed by atoms with Crippen LogP contribution in [-0.2, 0) is 14.3 Å². The summed E-state index contributed by atoms with van der Waals surface area (Å²) in [5.74, 6) is 0. The monoisotopic (exact) mass is 366 g/mol. The van der Waals surface area contributed by atoms with E-state index in [0.717, 1.165) is 26.6 Å². The number of hydrogen-bond donors (Lipinski definition) is 0. The minimum Gasteiger partial charge on any atom is -0.348 e. The van der Waals surface area contributed by atoms with Crippen molar-refractivity contribution in [2.45, 2.75) is 20.1 Å². The first-order chi connectivity index (χ1) is 11.2. The Labute approximate surface area is 150 Å². The fraction of sp³-hybridized carbons (Fsp3) is 0.294. The average molecular weight is 367 g/mol. The second-order valence-electron chi connectivity index (χ2n) is 4.48. The van der Waals surface area contributed by atoms with E-state index in [2.05, 4.69) is 0 Å². The zero-order valence-corrected chi connectivity index (χ0v) is 15.4. The predicted octanol–water partition coefficient (Wildman–Crippen LogP) is 4.64. The van der Waals surface area contributed by atoms with Crippen LogP contribution in [0.5, 0.6) is 0 Å². The molecule has 6 heteroatoms. The van der Waals surface area contributed by atoms with Crippen molar-refractivity contribution in [1.82, 2.24) is 0 Å². The number of carbonyl (C=O) groups excluding carboxylic acids is 1. The normalized spacial score (nSPS) is 16.8. The molecule has 2 rings (SSSR count). The number of thioether (sulfide) groups is 2. The first kappa shape index (κ1) is 18.4. The molecule has 3 nitrogen and oxygen atoms in total. The van der Waals surface area contributed by atoms with Crippen LogP contribution in [0.25, 0.3) is 5.57 Å². The smallest absolute Gasteiger partial charge is 0.191 e. The van der Waals surface area contributed by atoms with E-state index in [1.165, 1.54) is 23.5 Å². The molecule has 0 radical (unpaired) electrons. The number of allylic oxidation sites excluding steroid dienone is 2. The maximum Gasteiger partial charge on any atom is 0.191 e. The number of rotatable bonds is 8. The first-order valence-electron chi connectivity index (χ1n) is 7.28.